The highest BCUT2D eigenvalue weighted by molar-refractivity contribution is 5.75. The predicted molar refractivity (Wildman–Crippen MR) is 77.9 cm³/mol. The number of carbonyl (C=O) groups is 1. The zero-order valence-electron chi connectivity index (χ0n) is 12.7. The van der Waals surface area contributed by atoms with Gasteiger partial charge in [-0.3, -0.25) is 9.89 Å². The Kier molecular flexibility index (Phi) is 4.19. The average Bonchev–Trinajstić information content (AvgIpc) is 3.19. The van der Waals surface area contributed by atoms with E-state index in [2.05, 4.69) is 25.5 Å². The molecule has 3 heterocycles. The third-order valence-electron chi connectivity index (χ3n) is 3.77. The Hall–Kier alpha value is -2.22. The molecule has 2 aromatic heterocycles. The molecule has 3 rings (SSSR count). The van der Waals surface area contributed by atoms with Gasteiger partial charge in [-0.25, -0.2) is 9.97 Å². The van der Waals surface area contributed by atoms with Gasteiger partial charge in [-0.05, 0) is 26.7 Å². The van der Waals surface area contributed by atoms with Gasteiger partial charge in [0.15, 0.2) is 5.82 Å². The largest absolute Gasteiger partial charge is 0.365 e. The summed E-state index contributed by atoms with van der Waals surface area (Å²) in [6.07, 6.45) is 5.18. The minimum absolute atomic E-state index is 0.0108. The van der Waals surface area contributed by atoms with Crippen molar-refractivity contribution in [1.29, 1.82) is 0 Å². The number of hydrogen-bond acceptors (Lipinski definition) is 5. The second-order valence-electron chi connectivity index (χ2n) is 5.51. The van der Waals surface area contributed by atoms with Crippen molar-refractivity contribution in [2.24, 2.45) is 0 Å². The number of nitrogens with zero attached hydrogens (tertiary/aromatic N) is 4. The summed E-state index contributed by atoms with van der Waals surface area (Å²) in [6.45, 7) is 4.52. The van der Waals surface area contributed by atoms with Crippen molar-refractivity contribution in [3.8, 4) is 0 Å². The number of amides is 1. The normalized spacial score (nSPS) is 21.2. The van der Waals surface area contributed by atoms with Crippen LogP contribution >= 0.6 is 0 Å². The van der Waals surface area contributed by atoms with Crippen molar-refractivity contribution in [1.82, 2.24) is 30.0 Å². The molecule has 1 aliphatic heterocycles. The summed E-state index contributed by atoms with van der Waals surface area (Å²) in [5.74, 6) is 2.26. The maximum absolute atomic E-state index is 11.9. The van der Waals surface area contributed by atoms with Crippen LogP contribution in [0, 0.1) is 13.8 Å². The van der Waals surface area contributed by atoms with Gasteiger partial charge in [0.2, 0.25) is 5.91 Å². The van der Waals surface area contributed by atoms with Crippen LogP contribution in [0.2, 0.25) is 0 Å². The molecule has 1 fully saturated rings. The fraction of sp³-hybridized carbons (Fsp3) is 0.571. The first-order valence-corrected chi connectivity index (χ1v) is 7.40. The molecule has 8 heteroatoms. The summed E-state index contributed by atoms with van der Waals surface area (Å²) >= 11 is 0. The fourth-order valence-corrected chi connectivity index (χ4v) is 2.56. The summed E-state index contributed by atoms with van der Waals surface area (Å²) < 4.78 is 7.70. The summed E-state index contributed by atoms with van der Waals surface area (Å²) in [5, 5.41) is 9.86. The predicted octanol–water partition coefficient (Wildman–Crippen LogP) is 0.655. The molecule has 0 radical (unpaired) electrons. The van der Waals surface area contributed by atoms with E-state index in [0.717, 1.165) is 24.5 Å². The smallest absolute Gasteiger partial charge is 0.240 e. The molecule has 1 saturated heterocycles. The summed E-state index contributed by atoms with van der Waals surface area (Å²) in [5.41, 5.74) is 0. The molecule has 8 nitrogen and oxygen atoms in total. The third-order valence-corrected chi connectivity index (χ3v) is 3.77. The number of imidazole rings is 1. The van der Waals surface area contributed by atoms with Crippen molar-refractivity contribution in [2.75, 3.05) is 6.54 Å². The number of H-pyrrole nitrogens is 1. The van der Waals surface area contributed by atoms with Gasteiger partial charge >= 0.3 is 0 Å². The summed E-state index contributed by atoms with van der Waals surface area (Å²) in [6, 6.07) is 0. The molecular weight excluding hydrogens is 284 g/mol. The van der Waals surface area contributed by atoms with E-state index in [1.165, 1.54) is 0 Å². The molecule has 0 aliphatic carbocycles. The molecule has 22 heavy (non-hydrogen) atoms. The Labute approximate surface area is 128 Å². The molecule has 2 aromatic rings. The first kappa shape index (κ1) is 14.7. The number of nitrogens with one attached hydrogen (secondary N) is 2. The van der Waals surface area contributed by atoms with E-state index in [4.69, 9.17) is 4.74 Å². The molecule has 0 spiro atoms. The van der Waals surface area contributed by atoms with E-state index >= 15 is 0 Å². The van der Waals surface area contributed by atoms with Crippen molar-refractivity contribution < 1.29 is 9.53 Å². The summed E-state index contributed by atoms with van der Waals surface area (Å²) in [7, 11) is 0. The first-order valence-electron chi connectivity index (χ1n) is 7.40. The number of carbonyl (C=O) groups excluding carboxylic acids is 1. The first-order chi connectivity index (χ1) is 10.6. The summed E-state index contributed by atoms with van der Waals surface area (Å²) in [4.78, 5) is 20.3. The molecule has 1 aliphatic rings. The topological polar surface area (TPSA) is 97.7 Å². The van der Waals surface area contributed by atoms with Crippen LogP contribution in [0.5, 0.6) is 0 Å². The van der Waals surface area contributed by atoms with Crippen LogP contribution in [-0.2, 0) is 16.1 Å². The van der Waals surface area contributed by atoms with Gasteiger partial charge in [0, 0.05) is 18.9 Å². The highest BCUT2D eigenvalue weighted by Crippen LogP contribution is 2.30. The second kappa shape index (κ2) is 6.27. The average molecular weight is 304 g/mol. The van der Waals surface area contributed by atoms with Crippen molar-refractivity contribution in [2.45, 2.75) is 45.4 Å². The highest BCUT2D eigenvalue weighted by atomic mass is 16.5. The van der Waals surface area contributed by atoms with Gasteiger partial charge in [-0.15, -0.1) is 0 Å². The molecule has 2 atom stereocenters. The van der Waals surface area contributed by atoms with Crippen molar-refractivity contribution in [3.63, 3.8) is 0 Å². The van der Waals surface area contributed by atoms with Crippen LogP contribution in [0.1, 0.15) is 36.4 Å². The number of hydrogen-bond donors (Lipinski definition) is 2. The molecule has 0 aromatic carbocycles. The number of ether oxygens (including phenoxy) is 1. The van der Waals surface area contributed by atoms with Gasteiger partial charge in [0.05, 0.1) is 6.10 Å². The Bertz CT molecular complexity index is 649. The monoisotopic (exact) mass is 304 g/mol. The SMILES string of the molecule is Cc1nc([C@@H]2CC[C@H](CNC(=O)Cn3ccnc3C)O2)n[nH]1. The van der Waals surface area contributed by atoms with Crippen LogP contribution < -0.4 is 5.32 Å². The Morgan fingerprint density at radius 1 is 1.50 bits per heavy atom. The molecule has 0 saturated carbocycles. The van der Waals surface area contributed by atoms with Crippen LogP contribution in [0.15, 0.2) is 12.4 Å². The lowest BCUT2D eigenvalue weighted by Crippen LogP contribution is -2.34. The lowest BCUT2D eigenvalue weighted by atomic mass is 10.2. The van der Waals surface area contributed by atoms with E-state index in [1.54, 1.807) is 12.4 Å². The molecular formula is C14H20N6O2. The molecule has 118 valence electrons. The minimum atomic E-state index is -0.0808. The highest BCUT2D eigenvalue weighted by Gasteiger charge is 2.29. The van der Waals surface area contributed by atoms with Crippen LogP contribution in [0.3, 0.4) is 0 Å². The Morgan fingerprint density at radius 3 is 3.05 bits per heavy atom. The van der Waals surface area contributed by atoms with Crippen molar-refractivity contribution in [3.05, 3.63) is 29.9 Å². The van der Waals surface area contributed by atoms with Gasteiger partial charge < -0.3 is 14.6 Å². The van der Waals surface area contributed by atoms with Crippen LogP contribution in [-0.4, -0.2) is 43.3 Å². The molecule has 0 bridgehead atoms. The molecule has 0 unspecified atom stereocenters. The Balaban J connectivity index is 1.45. The maximum atomic E-state index is 11.9. The van der Waals surface area contributed by atoms with E-state index < -0.39 is 0 Å². The second-order valence-corrected chi connectivity index (χ2v) is 5.51. The lowest BCUT2D eigenvalue weighted by Gasteiger charge is -2.13. The molecule has 1 amide bonds. The number of rotatable bonds is 5. The maximum Gasteiger partial charge on any atom is 0.240 e. The van der Waals surface area contributed by atoms with Crippen LogP contribution in [0.25, 0.3) is 0 Å². The zero-order chi connectivity index (χ0) is 15.5. The van der Waals surface area contributed by atoms with E-state index in [1.807, 2.05) is 18.4 Å². The van der Waals surface area contributed by atoms with Crippen LogP contribution in [0.4, 0.5) is 0 Å². The number of aromatic nitrogens is 5. The third kappa shape index (κ3) is 3.33. The van der Waals surface area contributed by atoms with E-state index in [9.17, 15) is 4.79 Å². The van der Waals surface area contributed by atoms with Gasteiger partial charge in [0.1, 0.15) is 24.3 Å². The standard InChI is InChI=1S/C14H20N6O2/c1-9-17-14(19-18-9)12-4-3-11(22-12)7-16-13(21)8-20-6-5-15-10(20)2/h5-6,11-12H,3-4,7-8H2,1-2H3,(H,16,21)(H,17,18,19)/t11-,12+/m1/s1. The van der Waals surface area contributed by atoms with Crippen molar-refractivity contribution >= 4 is 5.91 Å². The van der Waals surface area contributed by atoms with Gasteiger partial charge in [0.25, 0.3) is 0 Å². The zero-order valence-corrected chi connectivity index (χ0v) is 12.7. The fourth-order valence-electron chi connectivity index (χ4n) is 2.56. The quantitative estimate of drug-likeness (QED) is 0.845. The Morgan fingerprint density at radius 2 is 2.36 bits per heavy atom. The van der Waals surface area contributed by atoms with E-state index in [0.29, 0.717) is 12.4 Å². The number of aromatic amines is 1. The molecule has 2 N–H and O–H groups in total. The van der Waals surface area contributed by atoms with Gasteiger partial charge in [-0.1, -0.05) is 0 Å². The lowest BCUT2D eigenvalue weighted by molar-refractivity contribution is -0.122. The minimum Gasteiger partial charge on any atom is -0.365 e. The van der Waals surface area contributed by atoms with Gasteiger partial charge in [-0.2, -0.15) is 5.10 Å². The number of aryl methyl sites for hydroxylation is 2. The van der Waals surface area contributed by atoms with E-state index in [-0.39, 0.29) is 24.7 Å².